The SMILES string of the molecule is CC(C)CN1C(=O)OCc2cnc(N[C@@H](C)c3ccc(CO)cc3)nc21. The van der Waals surface area contributed by atoms with E-state index in [-0.39, 0.29) is 25.3 Å². The molecule has 0 fully saturated rings. The third-order valence-electron chi connectivity index (χ3n) is 4.22. The molecular formula is C19H24N4O3. The molecule has 7 nitrogen and oxygen atoms in total. The van der Waals surface area contributed by atoms with Gasteiger partial charge in [0.05, 0.1) is 18.2 Å². The number of amides is 1. The number of hydrogen-bond acceptors (Lipinski definition) is 6. The van der Waals surface area contributed by atoms with Crippen LogP contribution in [0.5, 0.6) is 0 Å². The molecule has 3 rings (SSSR count). The van der Waals surface area contributed by atoms with E-state index in [0.717, 1.165) is 16.7 Å². The van der Waals surface area contributed by atoms with Crippen molar-refractivity contribution in [1.29, 1.82) is 0 Å². The van der Waals surface area contributed by atoms with Crippen molar-refractivity contribution in [3.63, 3.8) is 0 Å². The predicted molar refractivity (Wildman–Crippen MR) is 98.8 cm³/mol. The van der Waals surface area contributed by atoms with Crippen LogP contribution in [0.15, 0.2) is 30.5 Å². The van der Waals surface area contributed by atoms with Crippen LogP contribution < -0.4 is 10.2 Å². The Hall–Kier alpha value is -2.67. The second-order valence-corrected chi connectivity index (χ2v) is 6.87. The number of nitrogens with zero attached hydrogens (tertiary/aromatic N) is 3. The molecule has 0 spiro atoms. The normalized spacial score (nSPS) is 14.8. The molecule has 0 saturated carbocycles. The van der Waals surface area contributed by atoms with Gasteiger partial charge >= 0.3 is 6.09 Å². The lowest BCUT2D eigenvalue weighted by Crippen LogP contribution is -2.39. The average molecular weight is 356 g/mol. The summed E-state index contributed by atoms with van der Waals surface area (Å²) in [5, 5.41) is 12.4. The van der Waals surface area contributed by atoms with Gasteiger partial charge in [0.15, 0.2) is 0 Å². The standard InChI is InChI=1S/C19H24N4O3/c1-12(2)9-23-17-16(11-26-19(23)25)8-20-18(22-17)21-13(3)15-6-4-14(10-24)5-7-15/h4-8,12-13,24H,9-11H2,1-3H3,(H,20,21,22)/t13-/m0/s1. The molecule has 0 unspecified atom stereocenters. The number of anilines is 2. The summed E-state index contributed by atoms with van der Waals surface area (Å²) in [6.45, 7) is 6.86. The lowest BCUT2D eigenvalue weighted by molar-refractivity contribution is 0.140. The Kier molecular flexibility index (Phi) is 5.37. The summed E-state index contributed by atoms with van der Waals surface area (Å²) in [6.07, 6.45) is 1.33. The Morgan fingerprint density at radius 2 is 2.00 bits per heavy atom. The number of carbonyl (C=O) groups is 1. The number of aliphatic hydroxyl groups is 1. The molecule has 0 saturated heterocycles. The highest BCUT2D eigenvalue weighted by Gasteiger charge is 2.28. The van der Waals surface area contributed by atoms with E-state index < -0.39 is 0 Å². The van der Waals surface area contributed by atoms with Crippen LogP contribution in [0.1, 0.15) is 43.5 Å². The fourth-order valence-corrected chi connectivity index (χ4v) is 2.82. The summed E-state index contributed by atoms with van der Waals surface area (Å²) in [7, 11) is 0. The van der Waals surface area contributed by atoms with E-state index in [4.69, 9.17) is 9.84 Å². The Morgan fingerprint density at radius 3 is 2.65 bits per heavy atom. The Bertz CT molecular complexity index is 777. The number of fused-ring (bicyclic) bond motifs is 1. The Balaban J connectivity index is 1.80. The van der Waals surface area contributed by atoms with Crippen molar-refractivity contribution in [2.75, 3.05) is 16.8 Å². The summed E-state index contributed by atoms with van der Waals surface area (Å²) < 4.78 is 5.20. The highest BCUT2D eigenvalue weighted by atomic mass is 16.6. The van der Waals surface area contributed by atoms with Gasteiger partial charge in [-0.15, -0.1) is 0 Å². The zero-order chi connectivity index (χ0) is 18.7. The lowest BCUT2D eigenvalue weighted by atomic mass is 10.1. The summed E-state index contributed by atoms with van der Waals surface area (Å²) in [5.74, 6) is 1.37. The van der Waals surface area contributed by atoms with Crippen LogP contribution in [0.3, 0.4) is 0 Å². The largest absolute Gasteiger partial charge is 0.444 e. The number of aliphatic hydroxyl groups excluding tert-OH is 1. The maximum atomic E-state index is 12.1. The summed E-state index contributed by atoms with van der Waals surface area (Å²) in [4.78, 5) is 22.6. The molecule has 2 N–H and O–H groups in total. The van der Waals surface area contributed by atoms with Crippen LogP contribution in [-0.2, 0) is 18.0 Å². The van der Waals surface area contributed by atoms with E-state index in [1.807, 2.05) is 45.0 Å². The minimum atomic E-state index is -0.372. The van der Waals surface area contributed by atoms with E-state index in [1.54, 1.807) is 11.1 Å². The van der Waals surface area contributed by atoms with Gasteiger partial charge in [-0.05, 0) is 24.0 Å². The molecule has 0 bridgehead atoms. The van der Waals surface area contributed by atoms with Crippen molar-refractivity contribution in [1.82, 2.24) is 9.97 Å². The maximum absolute atomic E-state index is 12.1. The fraction of sp³-hybridized carbons (Fsp3) is 0.421. The van der Waals surface area contributed by atoms with Crippen LogP contribution in [-0.4, -0.2) is 27.7 Å². The number of aromatic nitrogens is 2. The van der Waals surface area contributed by atoms with E-state index in [9.17, 15) is 4.79 Å². The van der Waals surface area contributed by atoms with Crippen LogP contribution >= 0.6 is 0 Å². The average Bonchev–Trinajstić information content (AvgIpc) is 2.64. The molecule has 0 aliphatic carbocycles. The Labute approximate surface area is 153 Å². The van der Waals surface area contributed by atoms with Crippen molar-refractivity contribution < 1.29 is 14.6 Å². The summed E-state index contributed by atoms with van der Waals surface area (Å²) in [5.41, 5.74) is 2.73. The van der Waals surface area contributed by atoms with Gasteiger partial charge in [0, 0.05) is 12.7 Å². The second-order valence-electron chi connectivity index (χ2n) is 6.87. The van der Waals surface area contributed by atoms with Crippen LogP contribution in [0, 0.1) is 5.92 Å². The van der Waals surface area contributed by atoms with E-state index in [2.05, 4.69) is 15.3 Å². The second kappa shape index (κ2) is 7.70. The van der Waals surface area contributed by atoms with Gasteiger partial charge in [0.25, 0.3) is 0 Å². The first-order valence-corrected chi connectivity index (χ1v) is 8.74. The Morgan fingerprint density at radius 1 is 1.27 bits per heavy atom. The van der Waals surface area contributed by atoms with E-state index in [1.165, 1.54) is 0 Å². The highest BCUT2D eigenvalue weighted by molar-refractivity contribution is 5.89. The first-order chi connectivity index (χ1) is 12.5. The number of nitrogens with one attached hydrogen (secondary N) is 1. The van der Waals surface area contributed by atoms with E-state index in [0.29, 0.717) is 24.2 Å². The topological polar surface area (TPSA) is 87.6 Å². The molecule has 2 heterocycles. The number of carbonyl (C=O) groups excluding carboxylic acids is 1. The van der Waals surface area contributed by atoms with Crippen molar-refractivity contribution in [2.45, 2.75) is 40.0 Å². The fourth-order valence-electron chi connectivity index (χ4n) is 2.82. The van der Waals surface area contributed by atoms with Crippen LogP contribution in [0.25, 0.3) is 0 Å². The number of benzene rings is 1. The molecule has 1 aliphatic heterocycles. The highest BCUT2D eigenvalue weighted by Crippen LogP contribution is 2.27. The van der Waals surface area contributed by atoms with Gasteiger partial charge in [0.2, 0.25) is 5.95 Å². The van der Waals surface area contributed by atoms with Gasteiger partial charge in [-0.3, -0.25) is 4.90 Å². The minimum absolute atomic E-state index is 0.0186. The lowest BCUT2D eigenvalue weighted by Gasteiger charge is -2.29. The first-order valence-electron chi connectivity index (χ1n) is 8.74. The monoisotopic (exact) mass is 356 g/mol. The van der Waals surface area contributed by atoms with Gasteiger partial charge in [-0.1, -0.05) is 38.1 Å². The number of cyclic esters (lactones) is 1. The van der Waals surface area contributed by atoms with E-state index >= 15 is 0 Å². The molecule has 1 amide bonds. The zero-order valence-corrected chi connectivity index (χ0v) is 15.3. The van der Waals surface area contributed by atoms with Crippen LogP contribution in [0.2, 0.25) is 0 Å². The van der Waals surface area contributed by atoms with Crippen molar-refractivity contribution in [2.24, 2.45) is 5.92 Å². The number of hydrogen-bond donors (Lipinski definition) is 2. The molecule has 138 valence electrons. The molecule has 1 aromatic carbocycles. The summed E-state index contributed by atoms with van der Waals surface area (Å²) in [6, 6.07) is 7.69. The third-order valence-corrected chi connectivity index (χ3v) is 4.22. The molecule has 2 aromatic rings. The van der Waals surface area contributed by atoms with Crippen molar-refractivity contribution in [3.05, 3.63) is 47.2 Å². The smallest absolute Gasteiger partial charge is 0.415 e. The zero-order valence-electron chi connectivity index (χ0n) is 15.3. The predicted octanol–water partition coefficient (Wildman–Crippen LogP) is 3.25. The third kappa shape index (κ3) is 3.94. The molecule has 0 radical (unpaired) electrons. The molecule has 1 aliphatic rings. The molecular weight excluding hydrogens is 332 g/mol. The van der Waals surface area contributed by atoms with Gasteiger partial charge < -0.3 is 15.2 Å². The quantitative estimate of drug-likeness (QED) is 0.826. The number of rotatable bonds is 6. The number of ether oxygens (including phenoxy) is 1. The van der Waals surface area contributed by atoms with Crippen molar-refractivity contribution in [3.8, 4) is 0 Å². The molecule has 1 aromatic heterocycles. The minimum Gasteiger partial charge on any atom is -0.444 e. The summed E-state index contributed by atoms with van der Waals surface area (Å²) >= 11 is 0. The van der Waals surface area contributed by atoms with Crippen molar-refractivity contribution >= 4 is 17.9 Å². The first kappa shape index (κ1) is 18.1. The van der Waals surface area contributed by atoms with Crippen LogP contribution in [0.4, 0.5) is 16.6 Å². The maximum Gasteiger partial charge on any atom is 0.415 e. The molecule has 1 atom stereocenters. The molecule has 26 heavy (non-hydrogen) atoms. The van der Waals surface area contributed by atoms with Gasteiger partial charge in [0.1, 0.15) is 12.4 Å². The van der Waals surface area contributed by atoms with Gasteiger partial charge in [-0.2, -0.15) is 4.98 Å². The van der Waals surface area contributed by atoms with Gasteiger partial charge in [-0.25, -0.2) is 9.78 Å². The molecule has 7 heteroatoms.